The lowest BCUT2D eigenvalue weighted by Gasteiger charge is -2.06. The molecule has 1 aliphatic carbocycles. The summed E-state index contributed by atoms with van der Waals surface area (Å²) >= 11 is 1.29. The molecule has 1 aromatic carbocycles. The maximum Gasteiger partial charge on any atom is 0.260 e. The molecule has 0 fully saturated rings. The van der Waals surface area contributed by atoms with Crippen LogP contribution in [0.15, 0.2) is 40.3 Å². The number of furan rings is 1. The molecule has 7 heteroatoms. The first-order valence-electron chi connectivity index (χ1n) is 8.80. The van der Waals surface area contributed by atoms with E-state index in [1.54, 1.807) is 18.4 Å². The number of aromatic nitrogens is 1. The molecule has 6 nitrogen and oxygen atoms in total. The summed E-state index contributed by atoms with van der Waals surface area (Å²) in [7, 11) is 0. The van der Waals surface area contributed by atoms with Crippen LogP contribution in [0.5, 0.6) is 0 Å². The van der Waals surface area contributed by atoms with Crippen molar-refractivity contribution in [1.29, 1.82) is 0 Å². The third-order valence-electron chi connectivity index (χ3n) is 4.60. The van der Waals surface area contributed by atoms with Gasteiger partial charge in [-0.15, -0.1) is 11.3 Å². The van der Waals surface area contributed by atoms with E-state index in [0.717, 1.165) is 18.5 Å². The van der Waals surface area contributed by atoms with E-state index in [2.05, 4.69) is 27.8 Å². The highest BCUT2D eigenvalue weighted by Crippen LogP contribution is 2.25. The first kappa shape index (κ1) is 17.5. The van der Waals surface area contributed by atoms with Crippen molar-refractivity contribution >= 4 is 34.0 Å². The lowest BCUT2D eigenvalue weighted by atomic mass is 10.1. The Hall–Kier alpha value is -2.93. The van der Waals surface area contributed by atoms with Gasteiger partial charge in [-0.3, -0.25) is 14.9 Å². The van der Waals surface area contributed by atoms with Gasteiger partial charge in [-0.1, -0.05) is 6.07 Å². The summed E-state index contributed by atoms with van der Waals surface area (Å²) in [6, 6.07) is 7.71. The van der Waals surface area contributed by atoms with Crippen LogP contribution in [0.4, 0.5) is 10.8 Å². The first-order valence-corrected chi connectivity index (χ1v) is 9.68. The predicted octanol–water partition coefficient (Wildman–Crippen LogP) is 3.97. The fourth-order valence-electron chi connectivity index (χ4n) is 3.25. The van der Waals surface area contributed by atoms with Gasteiger partial charge in [0.2, 0.25) is 5.91 Å². The first-order chi connectivity index (χ1) is 13.1. The van der Waals surface area contributed by atoms with Crippen LogP contribution in [0.2, 0.25) is 0 Å². The SMILES string of the molecule is Cc1occc1C(=O)Nc1nc(CC(=O)Nc2ccc3c(c2)CCC3)cs1. The van der Waals surface area contributed by atoms with Crippen molar-refractivity contribution in [3.8, 4) is 0 Å². The summed E-state index contributed by atoms with van der Waals surface area (Å²) < 4.78 is 5.13. The van der Waals surface area contributed by atoms with E-state index in [4.69, 9.17) is 4.42 Å². The fourth-order valence-corrected chi connectivity index (χ4v) is 3.96. The molecule has 2 aromatic heterocycles. The smallest absolute Gasteiger partial charge is 0.260 e. The number of nitrogens with zero attached hydrogens (tertiary/aromatic N) is 1. The number of benzene rings is 1. The van der Waals surface area contributed by atoms with Crippen LogP contribution >= 0.6 is 11.3 Å². The van der Waals surface area contributed by atoms with Crippen molar-refractivity contribution in [2.24, 2.45) is 0 Å². The van der Waals surface area contributed by atoms with Crippen molar-refractivity contribution in [3.05, 3.63) is 64.1 Å². The van der Waals surface area contributed by atoms with Gasteiger partial charge in [0.25, 0.3) is 5.91 Å². The van der Waals surface area contributed by atoms with Crippen molar-refractivity contribution in [1.82, 2.24) is 4.98 Å². The number of carbonyl (C=O) groups is 2. The Morgan fingerprint density at radius 2 is 2.04 bits per heavy atom. The van der Waals surface area contributed by atoms with Gasteiger partial charge in [-0.05, 0) is 55.5 Å². The number of hydrogen-bond acceptors (Lipinski definition) is 5. The van der Waals surface area contributed by atoms with Gasteiger partial charge in [0.05, 0.1) is 23.9 Å². The predicted molar refractivity (Wildman–Crippen MR) is 104 cm³/mol. The summed E-state index contributed by atoms with van der Waals surface area (Å²) in [4.78, 5) is 28.8. The number of amides is 2. The van der Waals surface area contributed by atoms with E-state index in [-0.39, 0.29) is 18.2 Å². The Morgan fingerprint density at radius 3 is 2.85 bits per heavy atom. The number of nitrogens with one attached hydrogen (secondary N) is 2. The molecule has 138 valence electrons. The fraction of sp³-hybridized carbons (Fsp3) is 0.250. The Bertz CT molecular complexity index is 1010. The highest BCUT2D eigenvalue weighted by atomic mass is 32.1. The molecule has 0 bridgehead atoms. The van der Waals surface area contributed by atoms with E-state index < -0.39 is 0 Å². The minimum absolute atomic E-state index is 0.123. The Kier molecular flexibility index (Phi) is 4.77. The zero-order valence-electron chi connectivity index (χ0n) is 14.9. The van der Waals surface area contributed by atoms with Gasteiger partial charge >= 0.3 is 0 Å². The summed E-state index contributed by atoms with van der Waals surface area (Å²) in [5.74, 6) is 0.157. The van der Waals surface area contributed by atoms with E-state index in [0.29, 0.717) is 22.1 Å². The molecule has 0 radical (unpaired) electrons. The quantitative estimate of drug-likeness (QED) is 0.700. The Balaban J connectivity index is 1.35. The Morgan fingerprint density at radius 1 is 1.19 bits per heavy atom. The minimum Gasteiger partial charge on any atom is -0.469 e. The largest absolute Gasteiger partial charge is 0.469 e. The van der Waals surface area contributed by atoms with Crippen LogP contribution in [0.3, 0.4) is 0 Å². The van der Waals surface area contributed by atoms with Gasteiger partial charge in [-0.2, -0.15) is 0 Å². The molecule has 0 saturated heterocycles. The third kappa shape index (κ3) is 3.93. The second-order valence-electron chi connectivity index (χ2n) is 6.55. The van der Waals surface area contributed by atoms with E-state index in [1.807, 2.05) is 6.07 Å². The number of anilines is 2. The van der Waals surface area contributed by atoms with Crippen molar-refractivity contribution in [3.63, 3.8) is 0 Å². The van der Waals surface area contributed by atoms with E-state index >= 15 is 0 Å². The molecular formula is C20H19N3O3S. The monoisotopic (exact) mass is 381 g/mol. The number of aryl methyl sites for hydroxylation is 3. The van der Waals surface area contributed by atoms with Crippen LogP contribution in [0, 0.1) is 6.92 Å². The van der Waals surface area contributed by atoms with Crippen LogP contribution < -0.4 is 10.6 Å². The molecule has 0 saturated carbocycles. The summed E-state index contributed by atoms with van der Waals surface area (Å²) in [6.45, 7) is 1.73. The number of rotatable bonds is 5. The average Bonchev–Trinajstić information content (AvgIpc) is 3.35. The second-order valence-corrected chi connectivity index (χ2v) is 7.41. The van der Waals surface area contributed by atoms with Crippen LogP contribution in [0.25, 0.3) is 0 Å². The van der Waals surface area contributed by atoms with Crippen LogP contribution in [-0.2, 0) is 24.1 Å². The lowest BCUT2D eigenvalue weighted by molar-refractivity contribution is -0.115. The maximum atomic E-state index is 12.3. The maximum absolute atomic E-state index is 12.3. The zero-order chi connectivity index (χ0) is 18.8. The van der Waals surface area contributed by atoms with Gasteiger partial charge in [0, 0.05) is 11.1 Å². The van der Waals surface area contributed by atoms with E-state index in [1.165, 1.54) is 35.1 Å². The number of hydrogen-bond donors (Lipinski definition) is 2. The molecule has 2 heterocycles. The summed E-state index contributed by atoms with van der Waals surface area (Å²) in [6.07, 6.45) is 5.01. The Labute approximate surface area is 160 Å². The average molecular weight is 381 g/mol. The zero-order valence-corrected chi connectivity index (χ0v) is 15.7. The molecule has 0 spiro atoms. The standard InChI is InChI=1S/C20H19N3O3S/c1-12-17(7-8-26-12)19(25)23-20-22-16(11-27-20)10-18(24)21-15-6-5-13-3-2-4-14(13)9-15/h5-9,11H,2-4,10H2,1H3,(H,21,24)(H,22,23,25). The molecule has 0 unspecified atom stereocenters. The molecule has 0 atom stereocenters. The van der Waals surface area contributed by atoms with Gasteiger partial charge in [0.15, 0.2) is 5.13 Å². The molecule has 2 amide bonds. The van der Waals surface area contributed by atoms with Crippen molar-refractivity contribution in [2.75, 3.05) is 10.6 Å². The molecule has 0 aliphatic heterocycles. The van der Waals surface area contributed by atoms with Crippen molar-refractivity contribution < 1.29 is 14.0 Å². The van der Waals surface area contributed by atoms with Gasteiger partial charge < -0.3 is 9.73 Å². The van der Waals surface area contributed by atoms with Crippen molar-refractivity contribution in [2.45, 2.75) is 32.6 Å². The highest BCUT2D eigenvalue weighted by molar-refractivity contribution is 7.14. The van der Waals surface area contributed by atoms with Crippen LogP contribution in [-0.4, -0.2) is 16.8 Å². The highest BCUT2D eigenvalue weighted by Gasteiger charge is 2.15. The number of fused-ring (bicyclic) bond motifs is 1. The summed E-state index contributed by atoms with van der Waals surface area (Å²) in [5, 5.41) is 7.90. The van der Waals surface area contributed by atoms with Gasteiger partial charge in [0.1, 0.15) is 5.76 Å². The molecular weight excluding hydrogens is 362 g/mol. The number of thiazole rings is 1. The normalized spacial score (nSPS) is 12.6. The second kappa shape index (κ2) is 7.36. The third-order valence-corrected chi connectivity index (χ3v) is 5.41. The minimum atomic E-state index is -0.273. The molecule has 2 N–H and O–H groups in total. The topological polar surface area (TPSA) is 84.2 Å². The lowest BCUT2D eigenvalue weighted by Crippen LogP contribution is -2.15. The molecule has 1 aliphatic rings. The van der Waals surface area contributed by atoms with Gasteiger partial charge in [-0.25, -0.2) is 4.98 Å². The van der Waals surface area contributed by atoms with E-state index in [9.17, 15) is 9.59 Å². The molecule has 4 rings (SSSR count). The molecule has 3 aromatic rings. The van der Waals surface area contributed by atoms with Crippen LogP contribution in [0.1, 0.15) is 39.4 Å². The summed E-state index contributed by atoms with van der Waals surface area (Å²) in [5.41, 5.74) is 4.61. The number of carbonyl (C=O) groups excluding carboxylic acids is 2. The molecule has 27 heavy (non-hydrogen) atoms.